The van der Waals surface area contributed by atoms with Crippen LogP contribution in [0.1, 0.15) is 37.6 Å². The van der Waals surface area contributed by atoms with Gasteiger partial charge < -0.3 is 33.9 Å². The molecule has 3 heterocycles. The Bertz CT molecular complexity index is 1710. The minimum atomic E-state index is -1.92. The minimum absolute atomic E-state index is 0.152. The van der Waals surface area contributed by atoms with Crippen molar-refractivity contribution < 1.29 is 13.9 Å². The SMILES string of the molecule is CN(C)CCOc1nc2c(c(N3CCNCC3CO[Si](C)(C)C(C)(C)C)n1)CCN(c1cc(OCc3ccccc3)cc3ccccc13)C2. The Kier molecular flexibility index (Phi) is 10.8. The van der Waals surface area contributed by atoms with Gasteiger partial charge >= 0.3 is 6.01 Å². The maximum Gasteiger partial charge on any atom is 0.318 e. The van der Waals surface area contributed by atoms with Crippen LogP contribution in [0.4, 0.5) is 11.5 Å². The van der Waals surface area contributed by atoms with E-state index in [-0.39, 0.29) is 11.1 Å². The normalized spacial score (nSPS) is 17.0. The number of aromatic nitrogens is 2. The number of hydrogen-bond donors (Lipinski definition) is 1. The second-order valence-corrected chi connectivity index (χ2v) is 19.9. The summed E-state index contributed by atoms with van der Waals surface area (Å²) in [5.74, 6) is 1.87. The monoisotopic (exact) mass is 682 g/mol. The lowest BCUT2D eigenvalue weighted by Gasteiger charge is -2.42. The molecule has 0 bridgehead atoms. The van der Waals surface area contributed by atoms with E-state index in [9.17, 15) is 0 Å². The van der Waals surface area contributed by atoms with Crippen molar-refractivity contribution >= 4 is 30.6 Å². The Hall–Kier alpha value is -3.70. The summed E-state index contributed by atoms with van der Waals surface area (Å²) in [5, 5.41) is 6.14. The Labute approximate surface area is 293 Å². The molecule has 6 rings (SSSR count). The molecule has 262 valence electrons. The molecule has 9 nitrogen and oxygen atoms in total. The van der Waals surface area contributed by atoms with Gasteiger partial charge in [-0.05, 0) is 55.7 Å². The van der Waals surface area contributed by atoms with Gasteiger partial charge in [0.1, 0.15) is 24.8 Å². The van der Waals surface area contributed by atoms with Crippen LogP contribution in [-0.2, 0) is 24.0 Å². The molecule has 0 spiro atoms. The molecule has 1 fully saturated rings. The topological polar surface area (TPSA) is 75.2 Å². The van der Waals surface area contributed by atoms with Crippen molar-refractivity contribution in [1.29, 1.82) is 0 Å². The Morgan fingerprint density at radius 2 is 1.73 bits per heavy atom. The summed E-state index contributed by atoms with van der Waals surface area (Å²) in [6.45, 7) is 18.2. The van der Waals surface area contributed by atoms with Crippen molar-refractivity contribution in [2.24, 2.45) is 0 Å². The van der Waals surface area contributed by atoms with Gasteiger partial charge in [-0.3, -0.25) is 0 Å². The lowest BCUT2D eigenvalue weighted by molar-refractivity contribution is 0.239. The van der Waals surface area contributed by atoms with E-state index in [2.05, 4.69) is 117 Å². The standard InChI is InChI=1S/C39H54N6O3Si/c1-39(2,3)49(6,7)48-28-31-25-40-18-20-45(31)37-34-17-19-44(26-35(34)41-38(42-37)46-22-21-43(4)5)36-24-32(23-30-15-11-12-16-33(30)36)47-27-29-13-9-8-10-14-29/h8-16,23-24,31,40H,17-22,25-28H2,1-7H3. The zero-order valence-corrected chi connectivity index (χ0v) is 31.5. The number of anilines is 2. The number of nitrogens with one attached hydrogen (secondary N) is 1. The van der Waals surface area contributed by atoms with Gasteiger partial charge in [0.15, 0.2) is 8.32 Å². The number of piperazine rings is 1. The third kappa shape index (κ3) is 8.37. The van der Waals surface area contributed by atoms with Crippen LogP contribution in [-0.4, -0.2) is 89.3 Å². The van der Waals surface area contributed by atoms with Gasteiger partial charge in [-0.2, -0.15) is 9.97 Å². The van der Waals surface area contributed by atoms with Crippen molar-refractivity contribution in [2.45, 2.75) is 64.5 Å². The van der Waals surface area contributed by atoms with Crippen LogP contribution < -0.4 is 24.6 Å². The number of likely N-dealkylation sites (N-methyl/N-ethyl adjacent to an activating group) is 1. The Morgan fingerprint density at radius 1 is 0.959 bits per heavy atom. The van der Waals surface area contributed by atoms with Crippen molar-refractivity contribution in [1.82, 2.24) is 20.2 Å². The molecule has 0 radical (unpaired) electrons. The fraction of sp³-hybridized carbons (Fsp3) is 0.487. The molecule has 1 saturated heterocycles. The van der Waals surface area contributed by atoms with Crippen LogP contribution in [0.2, 0.25) is 18.1 Å². The fourth-order valence-electron chi connectivity index (χ4n) is 6.27. The second-order valence-electron chi connectivity index (χ2n) is 15.1. The first-order valence-corrected chi connectivity index (χ1v) is 20.6. The van der Waals surface area contributed by atoms with Crippen LogP contribution >= 0.6 is 0 Å². The number of ether oxygens (including phenoxy) is 2. The van der Waals surface area contributed by atoms with E-state index < -0.39 is 8.32 Å². The zero-order chi connectivity index (χ0) is 34.6. The molecule has 0 aliphatic carbocycles. The molecule has 1 unspecified atom stereocenters. The maximum atomic E-state index is 6.78. The van der Waals surface area contributed by atoms with Crippen LogP contribution in [0.3, 0.4) is 0 Å². The van der Waals surface area contributed by atoms with E-state index in [0.717, 1.165) is 73.0 Å². The zero-order valence-electron chi connectivity index (χ0n) is 30.5. The maximum absolute atomic E-state index is 6.78. The molecule has 4 aromatic rings. The first-order valence-electron chi connectivity index (χ1n) is 17.7. The van der Waals surface area contributed by atoms with E-state index >= 15 is 0 Å². The van der Waals surface area contributed by atoms with Crippen LogP contribution in [0.5, 0.6) is 11.8 Å². The first-order chi connectivity index (χ1) is 23.5. The molecule has 0 saturated carbocycles. The summed E-state index contributed by atoms with van der Waals surface area (Å²) in [7, 11) is 2.18. The van der Waals surface area contributed by atoms with Gasteiger partial charge in [-0.1, -0.05) is 75.4 Å². The molecule has 2 aliphatic rings. The van der Waals surface area contributed by atoms with Gasteiger partial charge in [0.05, 0.1) is 24.9 Å². The highest BCUT2D eigenvalue weighted by molar-refractivity contribution is 6.74. The average molecular weight is 683 g/mol. The number of fused-ring (bicyclic) bond motifs is 2. The number of benzene rings is 3. The third-order valence-corrected chi connectivity index (χ3v) is 14.8. The Morgan fingerprint density at radius 3 is 2.51 bits per heavy atom. The Balaban J connectivity index is 1.32. The summed E-state index contributed by atoms with van der Waals surface area (Å²) in [6, 6.07) is 23.9. The molecular weight excluding hydrogens is 629 g/mol. The summed E-state index contributed by atoms with van der Waals surface area (Å²) in [6.07, 6.45) is 0.839. The fourth-order valence-corrected chi connectivity index (χ4v) is 7.32. The average Bonchev–Trinajstić information content (AvgIpc) is 3.09. The summed E-state index contributed by atoms with van der Waals surface area (Å²) in [5.41, 5.74) is 4.55. The van der Waals surface area contributed by atoms with Gasteiger partial charge in [0.2, 0.25) is 0 Å². The van der Waals surface area contributed by atoms with E-state index in [1.54, 1.807) is 0 Å². The summed E-state index contributed by atoms with van der Waals surface area (Å²) < 4.78 is 19.4. The van der Waals surface area contributed by atoms with Crippen molar-refractivity contribution in [3.05, 3.63) is 83.6 Å². The quantitative estimate of drug-likeness (QED) is 0.168. The minimum Gasteiger partial charge on any atom is -0.489 e. The molecule has 49 heavy (non-hydrogen) atoms. The molecular formula is C39H54N6O3Si. The van der Waals surface area contributed by atoms with Crippen molar-refractivity contribution in [3.63, 3.8) is 0 Å². The highest BCUT2D eigenvalue weighted by Crippen LogP contribution is 2.39. The molecule has 3 aromatic carbocycles. The highest BCUT2D eigenvalue weighted by atomic mass is 28.4. The van der Waals surface area contributed by atoms with E-state index in [4.69, 9.17) is 23.9 Å². The molecule has 2 aliphatic heterocycles. The van der Waals surface area contributed by atoms with Gasteiger partial charge in [-0.15, -0.1) is 0 Å². The van der Waals surface area contributed by atoms with Crippen LogP contribution in [0.25, 0.3) is 10.8 Å². The highest BCUT2D eigenvalue weighted by Gasteiger charge is 2.39. The predicted molar refractivity (Wildman–Crippen MR) is 203 cm³/mol. The summed E-state index contributed by atoms with van der Waals surface area (Å²) >= 11 is 0. The number of hydrogen-bond acceptors (Lipinski definition) is 9. The van der Waals surface area contributed by atoms with Crippen molar-refractivity contribution in [3.8, 4) is 11.8 Å². The first kappa shape index (κ1) is 35.1. The largest absolute Gasteiger partial charge is 0.489 e. The number of rotatable bonds is 12. The molecule has 0 amide bonds. The molecule has 1 aromatic heterocycles. The van der Waals surface area contributed by atoms with E-state index in [1.807, 2.05) is 18.2 Å². The van der Waals surface area contributed by atoms with Crippen LogP contribution in [0, 0.1) is 0 Å². The second kappa shape index (κ2) is 15.0. The van der Waals surface area contributed by atoms with E-state index in [1.165, 1.54) is 10.9 Å². The third-order valence-electron chi connectivity index (χ3n) is 10.3. The number of nitrogens with zero attached hydrogens (tertiary/aromatic N) is 5. The van der Waals surface area contributed by atoms with Crippen LogP contribution in [0.15, 0.2) is 66.7 Å². The van der Waals surface area contributed by atoms with Gasteiger partial charge in [0, 0.05) is 55.4 Å². The van der Waals surface area contributed by atoms with E-state index in [0.29, 0.717) is 32.4 Å². The van der Waals surface area contributed by atoms with Gasteiger partial charge in [-0.25, -0.2) is 0 Å². The smallest absolute Gasteiger partial charge is 0.318 e. The summed E-state index contributed by atoms with van der Waals surface area (Å²) in [4.78, 5) is 17.2. The lowest BCUT2D eigenvalue weighted by atomic mass is 10.0. The molecule has 1 N–H and O–H groups in total. The van der Waals surface area contributed by atoms with Crippen molar-refractivity contribution in [2.75, 3.05) is 69.8 Å². The van der Waals surface area contributed by atoms with Gasteiger partial charge in [0.25, 0.3) is 0 Å². The molecule has 10 heteroatoms. The predicted octanol–water partition coefficient (Wildman–Crippen LogP) is 6.51. The lowest BCUT2D eigenvalue weighted by Crippen LogP contribution is -2.56. The molecule has 1 atom stereocenters.